The number of hydrogen-bond donors (Lipinski definition) is 2. The summed E-state index contributed by atoms with van der Waals surface area (Å²) in [6.45, 7) is 9.88. The molecular formula is C31H48N6O5. The molecule has 0 radical (unpaired) electrons. The molecule has 1 saturated carbocycles. The van der Waals surface area contributed by atoms with Crippen LogP contribution in [0.1, 0.15) is 57.1 Å². The van der Waals surface area contributed by atoms with E-state index in [-0.39, 0.29) is 23.3 Å². The van der Waals surface area contributed by atoms with Gasteiger partial charge in [0.15, 0.2) is 6.23 Å². The zero-order valence-corrected chi connectivity index (χ0v) is 25.6. The number of aliphatic hydroxyl groups excluding tert-OH is 1. The minimum absolute atomic E-state index is 0.0395. The van der Waals surface area contributed by atoms with Crippen LogP contribution in [-0.2, 0) is 20.7 Å². The van der Waals surface area contributed by atoms with Gasteiger partial charge in [-0.2, -0.15) is 0 Å². The van der Waals surface area contributed by atoms with Crippen LogP contribution >= 0.6 is 0 Å². The minimum atomic E-state index is -0.899. The summed E-state index contributed by atoms with van der Waals surface area (Å²) in [5.74, 6) is 1.26. The van der Waals surface area contributed by atoms with Crippen LogP contribution in [-0.4, -0.2) is 109 Å². The molecule has 11 heteroatoms. The van der Waals surface area contributed by atoms with Gasteiger partial charge in [0.25, 0.3) is 0 Å². The van der Waals surface area contributed by atoms with E-state index in [0.29, 0.717) is 57.5 Å². The Bertz CT molecular complexity index is 1180. The highest BCUT2D eigenvalue weighted by Gasteiger charge is 2.60. The van der Waals surface area contributed by atoms with Crippen molar-refractivity contribution < 1.29 is 24.1 Å². The molecule has 1 aromatic heterocycles. The van der Waals surface area contributed by atoms with Crippen molar-refractivity contribution in [2.45, 2.75) is 58.2 Å². The number of methoxy groups -OCH3 is 2. The number of nitrogens with zero attached hydrogens (tertiary/aromatic N) is 5. The Morgan fingerprint density at radius 3 is 2.79 bits per heavy atom. The summed E-state index contributed by atoms with van der Waals surface area (Å²) < 4.78 is 18.0. The van der Waals surface area contributed by atoms with Crippen LogP contribution in [0.4, 0.5) is 0 Å². The number of benzene rings is 1. The van der Waals surface area contributed by atoms with Crippen LogP contribution in [0.5, 0.6) is 5.75 Å². The quantitative estimate of drug-likeness (QED) is 0.271. The van der Waals surface area contributed by atoms with Crippen molar-refractivity contribution in [1.82, 2.24) is 30.1 Å². The molecule has 3 heterocycles. The fourth-order valence-corrected chi connectivity index (χ4v) is 6.76. The summed E-state index contributed by atoms with van der Waals surface area (Å²) in [5.41, 5.74) is 2.31. The van der Waals surface area contributed by atoms with E-state index in [1.54, 1.807) is 14.2 Å². The third-order valence-corrected chi connectivity index (χ3v) is 8.98. The van der Waals surface area contributed by atoms with Crippen LogP contribution in [0.3, 0.4) is 0 Å². The molecule has 2 aromatic rings. The maximum Gasteiger partial charge on any atom is 0.227 e. The van der Waals surface area contributed by atoms with Gasteiger partial charge in [-0.25, -0.2) is 4.68 Å². The first-order valence-electron chi connectivity index (χ1n) is 15.5. The lowest BCUT2D eigenvalue weighted by Gasteiger charge is -2.37. The van der Waals surface area contributed by atoms with Crippen molar-refractivity contribution in [2.75, 3.05) is 66.8 Å². The van der Waals surface area contributed by atoms with Crippen molar-refractivity contribution >= 4 is 5.91 Å². The second kappa shape index (κ2) is 13.8. The predicted octanol–water partition coefficient (Wildman–Crippen LogP) is 2.42. The summed E-state index contributed by atoms with van der Waals surface area (Å²) in [6, 6.07) is 7.91. The van der Waals surface area contributed by atoms with E-state index >= 15 is 0 Å². The Kier molecular flexibility index (Phi) is 10.2. The molecule has 5 rings (SSSR count). The highest BCUT2D eigenvalue weighted by Crippen LogP contribution is 2.56. The molecule has 1 aromatic carbocycles. The van der Waals surface area contributed by atoms with Gasteiger partial charge in [0.05, 0.1) is 37.6 Å². The maximum absolute atomic E-state index is 13.4. The Labute approximate surface area is 249 Å². The number of aromatic nitrogens is 3. The van der Waals surface area contributed by atoms with Crippen molar-refractivity contribution in [3.05, 3.63) is 35.7 Å². The first kappa shape index (κ1) is 30.9. The van der Waals surface area contributed by atoms with Crippen molar-refractivity contribution in [3.8, 4) is 11.4 Å². The van der Waals surface area contributed by atoms with Crippen molar-refractivity contribution in [3.63, 3.8) is 0 Å². The topological polar surface area (TPSA) is 114 Å². The molecule has 2 N–H and O–H groups in total. The molecule has 3 unspecified atom stereocenters. The molecule has 3 aliphatic rings. The van der Waals surface area contributed by atoms with Crippen molar-refractivity contribution in [2.24, 2.45) is 17.3 Å². The van der Waals surface area contributed by atoms with Crippen molar-refractivity contribution in [1.29, 1.82) is 0 Å². The fraction of sp³-hybridized carbons (Fsp3) is 0.710. The summed E-state index contributed by atoms with van der Waals surface area (Å²) in [7, 11) is 3.36. The third-order valence-electron chi connectivity index (χ3n) is 8.98. The molecule has 232 valence electrons. The van der Waals surface area contributed by atoms with E-state index in [1.165, 1.54) is 0 Å². The van der Waals surface area contributed by atoms with E-state index in [4.69, 9.17) is 14.2 Å². The number of unbranched alkanes of at least 4 members (excludes halogenated alkanes) is 1. The highest BCUT2D eigenvalue weighted by atomic mass is 16.5. The molecule has 1 spiro atoms. The van der Waals surface area contributed by atoms with Gasteiger partial charge in [-0.3, -0.25) is 9.69 Å². The van der Waals surface area contributed by atoms with Gasteiger partial charge in [-0.15, -0.1) is 5.10 Å². The second-order valence-electron chi connectivity index (χ2n) is 12.5. The molecule has 4 atom stereocenters. The minimum Gasteiger partial charge on any atom is -0.497 e. The number of amides is 1. The van der Waals surface area contributed by atoms with Gasteiger partial charge in [0, 0.05) is 64.0 Å². The van der Waals surface area contributed by atoms with E-state index in [9.17, 15) is 9.90 Å². The molecular weight excluding hydrogens is 536 g/mol. The molecule has 2 saturated heterocycles. The van der Waals surface area contributed by atoms with Gasteiger partial charge in [0.1, 0.15) is 11.4 Å². The second-order valence-corrected chi connectivity index (χ2v) is 12.5. The number of hydrogen-bond acceptors (Lipinski definition) is 9. The van der Waals surface area contributed by atoms with Gasteiger partial charge in [-0.05, 0) is 50.2 Å². The lowest BCUT2D eigenvalue weighted by molar-refractivity contribution is -0.141. The number of carbonyl (C=O) groups excluding carboxylic acids is 1. The average molecular weight is 585 g/mol. The lowest BCUT2D eigenvalue weighted by Crippen LogP contribution is -2.51. The van der Waals surface area contributed by atoms with Gasteiger partial charge in [-0.1, -0.05) is 25.1 Å². The first-order valence-corrected chi connectivity index (χ1v) is 15.5. The summed E-state index contributed by atoms with van der Waals surface area (Å²) >= 11 is 0. The Hall–Kier alpha value is -2.57. The van der Waals surface area contributed by atoms with Crippen LogP contribution < -0.4 is 10.1 Å². The lowest BCUT2D eigenvalue weighted by atomic mass is 9.86. The molecule has 2 aliphatic heterocycles. The Morgan fingerprint density at radius 2 is 2.05 bits per heavy atom. The van der Waals surface area contributed by atoms with E-state index < -0.39 is 6.23 Å². The van der Waals surface area contributed by atoms with Crippen LogP contribution in [0, 0.1) is 17.3 Å². The average Bonchev–Trinajstić information content (AvgIpc) is 3.51. The van der Waals surface area contributed by atoms with E-state index in [1.807, 2.05) is 33.8 Å². The number of aliphatic hydroxyl groups is 1. The van der Waals surface area contributed by atoms with E-state index in [2.05, 4.69) is 34.4 Å². The number of nitrogens with one attached hydrogen (secondary N) is 1. The first-order chi connectivity index (χ1) is 20.4. The molecule has 3 fully saturated rings. The zero-order chi connectivity index (χ0) is 29.7. The van der Waals surface area contributed by atoms with Crippen LogP contribution in [0.2, 0.25) is 0 Å². The number of ether oxygens (including phenoxy) is 3. The largest absolute Gasteiger partial charge is 0.497 e. The maximum atomic E-state index is 13.4. The normalized spacial score (nSPS) is 24.9. The molecule has 1 aliphatic carbocycles. The van der Waals surface area contributed by atoms with Gasteiger partial charge >= 0.3 is 0 Å². The van der Waals surface area contributed by atoms with Crippen LogP contribution in [0.25, 0.3) is 5.69 Å². The third kappa shape index (κ3) is 6.81. The SMILES string of the molecule is COCCCCc1c(C(O)N(CC(C)C)C2CC23CNC[C@H](C(=O)N2CCOCC2)C3)nnn1-c1cccc(OC)c1. The highest BCUT2D eigenvalue weighted by molar-refractivity contribution is 5.79. The molecule has 1 amide bonds. The number of carbonyl (C=O) groups is 1. The monoisotopic (exact) mass is 584 g/mol. The van der Waals surface area contributed by atoms with Gasteiger partial charge in [0.2, 0.25) is 5.91 Å². The summed E-state index contributed by atoms with van der Waals surface area (Å²) in [4.78, 5) is 17.6. The predicted molar refractivity (Wildman–Crippen MR) is 158 cm³/mol. The molecule has 42 heavy (non-hydrogen) atoms. The number of morpholine rings is 1. The molecule has 0 bridgehead atoms. The standard InChI is InChI=1S/C31H48N6O5/c1-22(2)20-36(27-18-31(27)17-23(19-32-21-31)29(38)35-11-14-42-15-12-35)30(39)28-26(10-5-6-13-40-3)37(34-33-28)24-8-7-9-25(16-24)41-4/h7-9,16,22-23,27,30,32,39H,5-6,10-15,17-21H2,1-4H3/t23-,27?,30?,31?/m1/s1. The smallest absolute Gasteiger partial charge is 0.227 e. The zero-order valence-electron chi connectivity index (χ0n) is 25.6. The van der Waals surface area contributed by atoms with Gasteiger partial charge < -0.3 is 29.5 Å². The Balaban J connectivity index is 1.38. The molecule has 11 nitrogen and oxygen atoms in total. The number of piperidine rings is 1. The summed E-state index contributed by atoms with van der Waals surface area (Å²) in [6.07, 6.45) is 3.39. The fourth-order valence-electron chi connectivity index (χ4n) is 6.76. The van der Waals surface area contributed by atoms with Crippen LogP contribution in [0.15, 0.2) is 24.3 Å². The summed E-state index contributed by atoms with van der Waals surface area (Å²) in [5, 5.41) is 24.7. The Morgan fingerprint density at radius 1 is 1.24 bits per heavy atom. The number of rotatable bonds is 13. The van der Waals surface area contributed by atoms with E-state index in [0.717, 1.165) is 55.9 Å².